The van der Waals surface area contributed by atoms with Crippen molar-refractivity contribution < 1.29 is 18.0 Å². The van der Waals surface area contributed by atoms with Crippen molar-refractivity contribution in [3.8, 4) is 0 Å². The summed E-state index contributed by atoms with van der Waals surface area (Å²) in [5, 5.41) is 5.72. The number of carbonyl (C=O) groups is 2. The van der Waals surface area contributed by atoms with Crippen LogP contribution in [0.2, 0.25) is 5.02 Å². The zero-order valence-electron chi connectivity index (χ0n) is 17.5. The molecule has 0 bridgehead atoms. The van der Waals surface area contributed by atoms with E-state index in [4.69, 9.17) is 11.6 Å². The van der Waals surface area contributed by atoms with Gasteiger partial charge < -0.3 is 10.6 Å². The van der Waals surface area contributed by atoms with Gasteiger partial charge in [-0.05, 0) is 61.5 Å². The predicted molar refractivity (Wildman–Crippen MR) is 127 cm³/mol. The highest BCUT2D eigenvalue weighted by atomic mass is 35.5. The first-order valence-electron chi connectivity index (χ1n) is 9.67. The van der Waals surface area contributed by atoms with Gasteiger partial charge in [-0.3, -0.25) is 13.9 Å². The average Bonchev–Trinajstić information content (AvgIpc) is 2.73. The van der Waals surface area contributed by atoms with E-state index in [1.54, 1.807) is 48.5 Å². The van der Waals surface area contributed by atoms with Crippen molar-refractivity contribution in [2.75, 3.05) is 21.5 Å². The molecule has 0 saturated heterocycles. The van der Waals surface area contributed by atoms with Gasteiger partial charge in [0.05, 0.1) is 10.6 Å². The van der Waals surface area contributed by atoms with Crippen LogP contribution in [0.1, 0.15) is 12.5 Å². The molecule has 7 nitrogen and oxygen atoms in total. The molecule has 0 unspecified atom stereocenters. The minimum absolute atomic E-state index is 0.0166. The molecular formula is C23H22ClN3O4S. The maximum atomic E-state index is 13.3. The summed E-state index contributed by atoms with van der Waals surface area (Å²) in [7, 11) is -4.04. The number of amides is 2. The third-order valence-corrected chi connectivity index (χ3v) is 6.52. The third-order valence-electron chi connectivity index (χ3n) is 4.48. The normalized spacial score (nSPS) is 11.0. The van der Waals surface area contributed by atoms with Crippen molar-refractivity contribution in [2.45, 2.75) is 18.7 Å². The van der Waals surface area contributed by atoms with E-state index in [1.165, 1.54) is 31.2 Å². The maximum absolute atomic E-state index is 13.3. The van der Waals surface area contributed by atoms with Crippen LogP contribution < -0.4 is 14.9 Å². The second-order valence-corrected chi connectivity index (χ2v) is 9.41. The molecule has 3 rings (SSSR count). The Balaban J connectivity index is 1.89. The van der Waals surface area contributed by atoms with E-state index in [9.17, 15) is 18.0 Å². The molecule has 2 N–H and O–H groups in total. The van der Waals surface area contributed by atoms with Gasteiger partial charge in [0.1, 0.15) is 6.54 Å². The van der Waals surface area contributed by atoms with Gasteiger partial charge in [-0.2, -0.15) is 0 Å². The summed E-state index contributed by atoms with van der Waals surface area (Å²) in [6.45, 7) is 2.82. The number of aryl methyl sites for hydroxylation is 1. The number of nitrogens with zero attached hydrogens (tertiary/aromatic N) is 1. The van der Waals surface area contributed by atoms with Crippen LogP contribution in [0.4, 0.5) is 17.1 Å². The second kappa shape index (κ2) is 9.84. The molecule has 0 heterocycles. The van der Waals surface area contributed by atoms with Crippen LogP contribution in [-0.4, -0.2) is 26.8 Å². The molecule has 0 aliphatic rings. The fraction of sp³-hybridized carbons (Fsp3) is 0.130. The van der Waals surface area contributed by atoms with E-state index in [2.05, 4.69) is 10.6 Å². The molecule has 3 aromatic carbocycles. The predicted octanol–water partition coefficient (Wildman–Crippen LogP) is 4.44. The molecule has 0 fully saturated rings. The number of sulfonamides is 1. The fourth-order valence-corrected chi connectivity index (χ4v) is 4.52. The lowest BCUT2D eigenvalue weighted by Gasteiger charge is -2.24. The Morgan fingerprint density at radius 3 is 2.09 bits per heavy atom. The molecule has 2 amide bonds. The van der Waals surface area contributed by atoms with Gasteiger partial charge in [0.25, 0.3) is 10.0 Å². The van der Waals surface area contributed by atoms with Crippen molar-refractivity contribution in [1.82, 2.24) is 0 Å². The number of carbonyl (C=O) groups excluding carboxylic acids is 2. The number of halogens is 1. The Bertz CT molecular complexity index is 1230. The number of benzene rings is 3. The molecule has 0 saturated carbocycles. The molecule has 3 aromatic rings. The van der Waals surface area contributed by atoms with Gasteiger partial charge >= 0.3 is 0 Å². The third kappa shape index (κ3) is 5.87. The fourth-order valence-electron chi connectivity index (χ4n) is 2.97. The van der Waals surface area contributed by atoms with E-state index in [1.807, 2.05) is 6.92 Å². The Morgan fingerprint density at radius 2 is 1.50 bits per heavy atom. The number of anilines is 3. The lowest BCUT2D eigenvalue weighted by Crippen LogP contribution is -2.38. The number of hydrogen-bond donors (Lipinski definition) is 2. The van der Waals surface area contributed by atoms with Gasteiger partial charge in [0.15, 0.2) is 0 Å². The maximum Gasteiger partial charge on any atom is 0.264 e. The molecule has 166 valence electrons. The highest BCUT2D eigenvalue weighted by Crippen LogP contribution is 2.25. The summed E-state index contributed by atoms with van der Waals surface area (Å²) in [6, 6.07) is 19.2. The van der Waals surface area contributed by atoms with Gasteiger partial charge in [0.2, 0.25) is 11.8 Å². The molecule has 9 heteroatoms. The van der Waals surface area contributed by atoms with Gasteiger partial charge in [-0.25, -0.2) is 8.42 Å². The SMILES string of the molecule is CC(=O)Nc1cccc(NC(=O)CN(c2ccc(C)cc2)S(=O)(=O)c2ccc(Cl)cc2)c1. The topological polar surface area (TPSA) is 95.6 Å². The monoisotopic (exact) mass is 471 g/mol. The molecule has 0 aliphatic heterocycles. The Hall–Kier alpha value is -3.36. The second-order valence-electron chi connectivity index (χ2n) is 7.11. The molecule has 0 radical (unpaired) electrons. The van der Waals surface area contributed by atoms with E-state index >= 15 is 0 Å². The first-order chi connectivity index (χ1) is 15.1. The largest absolute Gasteiger partial charge is 0.326 e. The quantitative estimate of drug-likeness (QED) is 0.532. The van der Waals surface area contributed by atoms with Crippen LogP contribution in [0.3, 0.4) is 0 Å². The van der Waals surface area contributed by atoms with Crippen LogP contribution in [0.15, 0.2) is 77.7 Å². The average molecular weight is 472 g/mol. The molecule has 0 atom stereocenters. The van der Waals surface area contributed by atoms with E-state index in [0.29, 0.717) is 22.1 Å². The standard InChI is InChI=1S/C23H22ClN3O4S/c1-16-6-10-21(11-7-16)27(32(30,31)22-12-8-18(24)9-13-22)15-23(29)26-20-5-3-4-19(14-20)25-17(2)28/h3-14H,15H2,1-2H3,(H,25,28)(H,26,29). The molecule has 0 aromatic heterocycles. The lowest BCUT2D eigenvalue weighted by atomic mass is 10.2. The van der Waals surface area contributed by atoms with Crippen molar-refractivity contribution in [3.63, 3.8) is 0 Å². The van der Waals surface area contributed by atoms with Crippen molar-refractivity contribution in [2.24, 2.45) is 0 Å². The summed E-state index contributed by atoms with van der Waals surface area (Å²) >= 11 is 5.90. The summed E-state index contributed by atoms with van der Waals surface area (Å²) in [6.07, 6.45) is 0. The molecule has 0 aliphatic carbocycles. The van der Waals surface area contributed by atoms with E-state index in [-0.39, 0.29) is 10.8 Å². The number of nitrogens with one attached hydrogen (secondary N) is 2. The van der Waals surface area contributed by atoms with Crippen molar-refractivity contribution >= 4 is 50.5 Å². The molecule has 32 heavy (non-hydrogen) atoms. The highest BCUT2D eigenvalue weighted by Gasteiger charge is 2.27. The zero-order valence-corrected chi connectivity index (χ0v) is 19.1. The van der Waals surface area contributed by atoms with Crippen LogP contribution in [0, 0.1) is 6.92 Å². The smallest absolute Gasteiger partial charge is 0.264 e. The zero-order chi connectivity index (χ0) is 23.3. The minimum atomic E-state index is -4.04. The van der Waals surface area contributed by atoms with Crippen LogP contribution >= 0.6 is 11.6 Å². The number of rotatable bonds is 7. The summed E-state index contributed by atoms with van der Waals surface area (Å²) in [4.78, 5) is 24.1. The van der Waals surface area contributed by atoms with E-state index in [0.717, 1.165) is 9.87 Å². The Labute approximate surface area is 192 Å². The summed E-state index contributed by atoms with van der Waals surface area (Å²) in [5.74, 6) is -0.781. The van der Waals surface area contributed by atoms with Crippen molar-refractivity contribution in [3.05, 3.63) is 83.4 Å². The van der Waals surface area contributed by atoms with Crippen molar-refractivity contribution in [1.29, 1.82) is 0 Å². The van der Waals surface area contributed by atoms with Gasteiger partial charge in [0, 0.05) is 23.3 Å². The van der Waals surface area contributed by atoms with Crippen LogP contribution in [-0.2, 0) is 19.6 Å². The van der Waals surface area contributed by atoms with Gasteiger partial charge in [-0.15, -0.1) is 0 Å². The van der Waals surface area contributed by atoms with E-state index < -0.39 is 22.5 Å². The molecule has 0 spiro atoms. The highest BCUT2D eigenvalue weighted by molar-refractivity contribution is 7.92. The van der Waals surface area contributed by atoms with Crippen LogP contribution in [0.5, 0.6) is 0 Å². The first kappa shape index (κ1) is 23.3. The Morgan fingerprint density at radius 1 is 0.906 bits per heavy atom. The first-order valence-corrected chi connectivity index (χ1v) is 11.5. The lowest BCUT2D eigenvalue weighted by molar-refractivity contribution is -0.115. The van der Waals surface area contributed by atoms with Gasteiger partial charge in [-0.1, -0.05) is 35.4 Å². The molecular weight excluding hydrogens is 450 g/mol. The summed E-state index contributed by atoms with van der Waals surface area (Å²) in [5.41, 5.74) is 2.25. The summed E-state index contributed by atoms with van der Waals surface area (Å²) < 4.78 is 27.7. The number of hydrogen-bond acceptors (Lipinski definition) is 4. The Kier molecular flexibility index (Phi) is 7.17. The van der Waals surface area contributed by atoms with Crippen LogP contribution in [0.25, 0.3) is 0 Å². The minimum Gasteiger partial charge on any atom is -0.326 e.